The summed E-state index contributed by atoms with van der Waals surface area (Å²) in [5.74, 6) is 1.31. The fraction of sp³-hybridized carbons (Fsp3) is 0.333. The molecule has 0 amide bonds. The molecular weight excluding hydrogens is 322 g/mol. The van der Waals surface area contributed by atoms with Gasteiger partial charge in [0, 0.05) is 37.7 Å². The number of benzene rings is 1. The number of nitrogens with zero attached hydrogens (tertiary/aromatic N) is 2. The number of fused-ring (bicyclic) bond motifs is 1. The molecule has 0 radical (unpaired) electrons. The number of para-hydroxylation sites is 2. The Balaban J connectivity index is 1.76. The SMILES string of the molecule is [2H]c1c([2H])c([2H])c2[nH]c(SCc3nccc(OCCCOC)c3C)nc2c1[2H]. The van der Waals surface area contributed by atoms with Gasteiger partial charge in [0.1, 0.15) is 5.75 Å². The van der Waals surface area contributed by atoms with Crippen LogP contribution < -0.4 is 4.74 Å². The van der Waals surface area contributed by atoms with E-state index < -0.39 is 0 Å². The number of ether oxygens (including phenoxy) is 2. The molecule has 1 N–H and O–H groups in total. The largest absolute Gasteiger partial charge is 0.493 e. The van der Waals surface area contributed by atoms with Crippen molar-refractivity contribution in [1.82, 2.24) is 15.0 Å². The molecule has 126 valence electrons. The van der Waals surface area contributed by atoms with E-state index in [1.807, 2.05) is 13.0 Å². The van der Waals surface area contributed by atoms with Crippen molar-refractivity contribution in [2.24, 2.45) is 0 Å². The standard InChI is InChI=1S/C18H21N3O2S/c1-13-16(19-9-8-17(13)23-11-5-10-22-2)12-24-18-20-14-6-3-4-7-15(14)21-18/h3-4,6-9H,5,10-12H2,1-2H3,(H,20,21)/i3D,4D,6D,7D. The summed E-state index contributed by atoms with van der Waals surface area (Å²) in [7, 11) is 1.66. The second kappa shape index (κ2) is 8.17. The molecule has 2 aromatic heterocycles. The van der Waals surface area contributed by atoms with Gasteiger partial charge in [-0.3, -0.25) is 4.98 Å². The quantitative estimate of drug-likeness (QED) is 0.493. The molecule has 0 unspecified atom stereocenters. The van der Waals surface area contributed by atoms with Crippen LogP contribution in [0.3, 0.4) is 0 Å². The summed E-state index contributed by atoms with van der Waals surface area (Å²) >= 11 is 1.39. The summed E-state index contributed by atoms with van der Waals surface area (Å²) in [4.78, 5) is 11.7. The van der Waals surface area contributed by atoms with E-state index in [0.29, 0.717) is 29.6 Å². The van der Waals surface area contributed by atoms with E-state index in [1.54, 1.807) is 13.3 Å². The molecule has 0 aliphatic heterocycles. The first-order valence-electron chi connectivity index (χ1n) is 9.59. The van der Waals surface area contributed by atoms with Gasteiger partial charge in [0.15, 0.2) is 5.16 Å². The molecule has 0 fully saturated rings. The van der Waals surface area contributed by atoms with Crippen molar-refractivity contribution < 1.29 is 15.0 Å². The zero-order valence-electron chi connectivity index (χ0n) is 17.6. The first kappa shape index (κ1) is 12.3. The monoisotopic (exact) mass is 347 g/mol. The minimum atomic E-state index is -0.281. The van der Waals surface area contributed by atoms with Crippen molar-refractivity contribution in [2.75, 3.05) is 20.3 Å². The third kappa shape index (κ3) is 4.07. The number of aromatic amines is 1. The molecule has 0 spiro atoms. The van der Waals surface area contributed by atoms with Crippen LogP contribution in [0.5, 0.6) is 5.75 Å². The van der Waals surface area contributed by atoms with Crippen LogP contribution in [-0.4, -0.2) is 35.3 Å². The van der Waals surface area contributed by atoms with E-state index in [0.717, 1.165) is 23.4 Å². The Morgan fingerprint density at radius 1 is 1.29 bits per heavy atom. The Bertz CT molecular complexity index is 952. The molecule has 0 aliphatic carbocycles. The molecule has 0 saturated carbocycles. The highest BCUT2D eigenvalue weighted by Crippen LogP contribution is 2.27. The maximum atomic E-state index is 7.98. The average Bonchev–Trinajstić information content (AvgIpc) is 3.13. The molecule has 0 saturated heterocycles. The topological polar surface area (TPSA) is 60.0 Å². The Hall–Kier alpha value is -2.05. The number of hydrogen-bond donors (Lipinski definition) is 1. The highest BCUT2D eigenvalue weighted by atomic mass is 32.2. The summed E-state index contributed by atoms with van der Waals surface area (Å²) in [5.41, 5.74) is 2.36. The van der Waals surface area contributed by atoms with Gasteiger partial charge in [-0.25, -0.2) is 4.98 Å². The van der Waals surface area contributed by atoms with E-state index in [4.69, 9.17) is 15.0 Å². The van der Waals surface area contributed by atoms with E-state index >= 15 is 0 Å². The molecule has 2 heterocycles. The van der Waals surface area contributed by atoms with Crippen molar-refractivity contribution in [2.45, 2.75) is 24.3 Å². The predicted octanol–water partition coefficient (Wildman–Crippen LogP) is 3.97. The number of imidazole rings is 1. The van der Waals surface area contributed by atoms with Crippen molar-refractivity contribution in [3.63, 3.8) is 0 Å². The van der Waals surface area contributed by atoms with Crippen LogP contribution >= 0.6 is 11.8 Å². The Morgan fingerprint density at radius 2 is 2.17 bits per heavy atom. The highest BCUT2D eigenvalue weighted by molar-refractivity contribution is 7.98. The molecule has 0 aliphatic rings. The average molecular weight is 347 g/mol. The molecule has 24 heavy (non-hydrogen) atoms. The number of aromatic nitrogens is 3. The number of hydrogen-bond acceptors (Lipinski definition) is 5. The number of thioether (sulfide) groups is 1. The van der Waals surface area contributed by atoms with Gasteiger partial charge in [0.25, 0.3) is 0 Å². The van der Waals surface area contributed by atoms with Crippen LogP contribution in [0.1, 0.15) is 23.2 Å². The summed E-state index contributed by atoms with van der Waals surface area (Å²) in [5, 5.41) is 0.523. The Labute approximate surface area is 151 Å². The number of H-pyrrole nitrogens is 1. The van der Waals surface area contributed by atoms with Gasteiger partial charge in [-0.2, -0.15) is 0 Å². The van der Waals surface area contributed by atoms with Crippen molar-refractivity contribution in [1.29, 1.82) is 0 Å². The lowest BCUT2D eigenvalue weighted by Crippen LogP contribution is -2.04. The third-order valence-electron chi connectivity index (χ3n) is 3.47. The second-order valence-electron chi connectivity index (χ2n) is 5.13. The van der Waals surface area contributed by atoms with Gasteiger partial charge < -0.3 is 14.5 Å². The minimum absolute atomic E-state index is 0.115. The first-order valence-corrected chi connectivity index (χ1v) is 8.57. The van der Waals surface area contributed by atoms with Crippen molar-refractivity contribution in [3.8, 4) is 5.75 Å². The zero-order chi connectivity index (χ0) is 20.3. The van der Waals surface area contributed by atoms with Gasteiger partial charge in [0.2, 0.25) is 0 Å². The van der Waals surface area contributed by atoms with Crippen LogP contribution in [0.25, 0.3) is 11.0 Å². The van der Waals surface area contributed by atoms with Crippen LogP contribution in [0.15, 0.2) is 41.6 Å². The summed E-state index contributed by atoms with van der Waals surface area (Å²) in [6, 6.07) is 1.03. The predicted molar refractivity (Wildman–Crippen MR) is 96.6 cm³/mol. The molecule has 0 bridgehead atoms. The van der Waals surface area contributed by atoms with E-state index in [2.05, 4.69) is 15.0 Å². The zero-order valence-corrected chi connectivity index (χ0v) is 14.4. The van der Waals surface area contributed by atoms with Crippen molar-refractivity contribution >= 4 is 22.8 Å². The molecule has 1 aromatic carbocycles. The third-order valence-corrected chi connectivity index (χ3v) is 4.35. The van der Waals surface area contributed by atoms with E-state index in [9.17, 15) is 0 Å². The summed E-state index contributed by atoms with van der Waals surface area (Å²) in [6.07, 6.45) is 2.51. The maximum absolute atomic E-state index is 7.98. The Kier molecular flexibility index (Phi) is 4.20. The fourth-order valence-electron chi connectivity index (χ4n) is 2.17. The van der Waals surface area contributed by atoms with Crippen molar-refractivity contribution in [3.05, 3.63) is 47.7 Å². The lowest BCUT2D eigenvalue weighted by Gasteiger charge is -2.11. The molecule has 3 rings (SSSR count). The molecular formula is C18H21N3O2S. The first-order chi connectivity index (χ1) is 13.4. The molecule has 3 aromatic rings. The van der Waals surface area contributed by atoms with Gasteiger partial charge in [-0.1, -0.05) is 23.8 Å². The smallest absolute Gasteiger partial charge is 0.166 e. The molecule has 0 atom stereocenters. The lowest BCUT2D eigenvalue weighted by atomic mass is 10.2. The number of pyridine rings is 1. The van der Waals surface area contributed by atoms with Crippen LogP contribution in [-0.2, 0) is 10.5 Å². The normalized spacial score (nSPS) is 13.4. The number of rotatable bonds is 8. The number of nitrogens with one attached hydrogen (secondary N) is 1. The fourth-order valence-corrected chi connectivity index (χ4v) is 3.06. The number of methoxy groups -OCH3 is 1. The lowest BCUT2D eigenvalue weighted by molar-refractivity contribution is 0.172. The molecule has 5 nitrogen and oxygen atoms in total. The maximum Gasteiger partial charge on any atom is 0.166 e. The van der Waals surface area contributed by atoms with Crippen LogP contribution in [0, 0.1) is 6.92 Å². The van der Waals surface area contributed by atoms with Gasteiger partial charge >= 0.3 is 0 Å². The summed E-state index contributed by atoms with van der Waals surface area (Å²) < 4.78 is 42.3. The highest BCUT2D eigenvalue weighted by Gasteiger charge is 2.09. The molecule has 6 heteroatoms. The van der Waals surface area contributed by atoms with E-state index in [-0.39, 0.29) is 29.7 Å². The van der Waals surface area contributed by atoms with Crippen LogP contribution in [0.2, 0.25) is 0 Å². The van der Waals surface area contributed by atoms with E-state index in [1.165, 1.54) is 11.8 Å². The Morgan fingerprint density at radius 3 is 3.04 bits per heavy atom. The second-order valence-corrected chi connectivity index (χ2v) is 6.09. The summed E-state index contributed by atoms with van der Waals surface area (Å²) in [6.45, 7) is 3.17. The minimum Gasteiger partial charge on any atom is -0.493 e. The van der Waals surface area contributed by atoms with Gasteiger partial charge in [0.05, 0.1) is 28.8 Å². The van der Waals surface area contributed by atoms with Gasteiger partial charge in [-0.15, -0.1) is 0 Å². The van der Waals surface area contributed by atoms with Gasteiger partial charge in [-0.05, 0) is 25.1 Å². The van der Waals surface area contributed by atoms with Crippen LogP contribution in [0.4, 0.5) is 0 Å².